The summed E-state index contributed by atoms with van der Waals surface area (Å²) in [5.41, 5.74) is 0.750. The largest absolute Gasteiger partial charge is 0.497 e. The minimum absolute atomic E-state index is 0.0122. The fraction of sp³-hybridized carbons (Fsp3) is 0.500. The summed E-state index contributed by atoms with van der Waals surface area (Å²) in [5.74, 6) is 1.32. The van der Waals surface area contributed by atoms with Crippen LogP contribution in [0.3, 0.4) is 0 Å². The highest BCUT2D eigenvalue weighted by molar-refractivity contribution is 5.44. The number of hydrogen-bond donors (Lipinski definition) is 1. The second-order valence-electron chi connectivity index (χ2n) is 3.99. The third kappa shape index (κ3) is 3.60. The van der Waals surface area contributed by atoms with Gasteiger partial charge in [0.15, 0.2) is 0 Å². The Labute approximate surface area is 114 Å². The molecule has 0 radical (unpaired) electrons. The van der Waals surface area contributed by atoms with Crippen LogP contribution in [0.4, 0.5) is 0 Å². The lowest BCUT2D eigenvalue weighted by Crippen LogP contribution is -2.30. The van der Waals surface area contributed by atoms with Crippen LogP contribution in [-0.4, -0.2) is 43.9 Å². The summed E-state index contributed by atoms with van der Waals surface area (Å²) in [7, 11) is 3.15. The van der Waals surface area contributed by atoms with E-state index in [1.165, 1.54) is 0 Å². The predicted octanol–water partition coefficient (Wildman–Crippen LogP) is 1.58. The number of aliphatic hydroxyl groups is 1. The average molecular weight is 264 g/mol. The van der Waals surface area contributed by atoms with Crippen molar-refractivity contribution in [3.63, 3.8) is 0 Å². The number of aliphatic hydroxyl groups excluding tert-OH is 1. The highest BCUT2D eigenvalue weighted by Gasteiger charge is 2.22. The van der Waals surface area contributed by atoms with Crippen molar-refractivity contribution < 1.29 is 14.6 Å². The molecule has 1 aromatic carbocycles. The van der Waals surface area contributed by atoms with E-state index >= 15 is 0 Å². The Balaban J connectivity index is 3.18. The molecule has 0 saturated carbocycles. The Hall–Kier alpha value is -1.77. The predicted molar refractivity (Wildman–Crippen MR) is 72.2 cm³/mol. The summed E-state index contributed by atoms with van der Waals surface area (Å²) < 4.78 is 10.5. The standard InChI is InChI=1S/C14H20N2O3/c1-4-16(7-8-17)13(10-15)12-9-11(18-2)5-6-14(12)19-3/h5-6,9,13,17H,4,7-8H2,1-3H3. The zero-order chi connectivity index (χ0) is 14.3. The summed E-state index contributed by atoms with van der Waals surface area (Å²) in [6.07, 6.45) is 0. The molecule has 0 saturated heterocycles. The van der Waals surface area contributed by atoms with E-state index in [0.717, 1.165) is 5.56 Å². The first kappa shape index (κ1) is 15.3. The molecule has 5 heteroatoms. The molecule has 0 aromatic heterocycles. The van der Waals surface area contributed by atoms with Crippen LogP contribution in [0.25, 0.3) is 0 Å². The molecule has 1 unspecified atom stereocenters. The summed E-state index contributed by atoms with van der Waals surface area (Å²) in [6.45, 7) is 3.07. The van der Waals surface area contributed by atoms with Crippen LogP contribution >= 0.6 is 0 Å². The van der Waals surface area contributed by atoms with Crippen LogP contribution in [-0.2, 0) is 0 Å². The second-order valence-corrected chi connectivity index (χ2v) is 3.99. The SMILES string of the molecule is CCN(CCO)C(C#N)c1cc(OC)ccc1OC. The number of methoxy groups -OCH3 is 2. The molecule has 0 aliphatic carbocycles. The van der Waals surface area contributed by atoms with Crippen molar-refractivity contribution in [3.05, 3.63) is 23.8 Å². The van der Waals surface area contributed by atoms with Crippen molar-refractivity contribution in [3.8, 4) is 17.6 Å². The van der Waals surface area contributed by atoms with Gasteiger partial charge in [-0.1, -0.05) is 6.92 Å². The number of nitriles is 1. The van der Waals surface area contributed by atoms with Crippen molar-refractivity contribution in [2.24, 2.45) is 0 Å². The Morgan fingerprint density at radius 1 is 1.37 bits per heavy atom. The smallest absolute Gasteiger partial charge is 0.127 e. The average Bonchev–Trinajstić information content (AvgIpc) is 2.46. The van der Waals surface area contributed by atoms with E-state index in [1.54, 1.807) is 32.4 Å². The molecule has 0 bridgehead atoms. The molecule has 1 N–H and O–H groups in total. The van der Waals surface area contributed by atoms with Crippen LogP contribution in [0.5, 0.6) is 11.5 Å². The van der Waals surface area contributed by atoms with Crippen LogP contribution in [0.15, 0.2) is 18.2 Å². The lowest BCUT2D eigenvalue weighted by molar-refractivity contribution is 0.179. The number of hydrogen-bond acceptors (Lipinski definition) is 5. The first-order valence-corrected chi connectivity index (χ1v) is 6.18. The fourth-order valence-electron chi connectivity index (χ4n) is 2.00. The van der Waals surface area contributed by atoms with Gasteiger partial charge in [-0.15, -0.1) is 0 Å². The van der Waals surface area contributed by atoms with E-state index in [4.69, 9.17) is 14.6 Å². The lowest BCUT2D eigenvalue weighted by atomic mass is 10.0. The molecule has 0 spiro atoms. The Bertz CT molecular complexity index is 443. The van der Waals surface area contributed by atoms with E-state index < -0.39 is 6.04 Å². The van der Waals surface area contributed by atoms with Gasteiger partial charge < -0.3 is 14.6 Å². The summed E-state index contributed by atoms with van der Waals surface area (Å²) in [6, 6.07) is 7.16. The maximum Gasteiger partial charge on any atom is 0.127 e. The summed E-state index contributed by atoms with van der Waals surface area (Å²) in [4.78, 5) is 1.89. The van der Waals surface area contributed by atoms with Crippen molar-refractivity contribution in [1.82, 2.24) is 4.90 Å². The number of benzene rings is 1. The monoisotopic (exact) mass is 264 g/mol. The van der Waals surface area contributed by atoms with E-state index in [0.29, 0.717) is 24.6 Å². The van der Waals surface area contributed by atoms with Crippen LogP contribution in [0.2, 0.25) is 0 Å². The van der Waals surface area contributed by atoms with Gasteiger partial charge in [-0.05, 0) is 24.7 Å². The topological polar surface area (TPSA) is 65.7 Å². The molecule has 1 atom stereocenters. The molecular formula is C14H20N2O3. The van der Waals surface area contributed by atoms with Crippen molar-refractivity contribution in [2.45, 2.75) is 13.0 Å². The van der Waals surface area contributed by atoms with Gasteiger partial charge in [-0.25, -0.2) is 0 Å². The maximum atomic E-state index is 9.42. The van der Waals surface area contributed by atoms with Gasteiger partial charge >= 0.3 is 0 Å². The van der Waals surface area contributed by atoms with Gasteiger partial charge in [0.25, 0.3) is 0 Å². The quantitative estimate of drug-likeness (QED) is 0.810. The van der Waals surface area contributed by atoms with Gasteiger partial charge in [0.2, 0.25) is 0 Å². The number of likely N-dealkylation sites (N-methyl/N-ethyl adjacent to an activating group) is 1. The van der Waals surface area contributed by atoms with Gasteiger partial charge in [0.1, 0.15) is 17.5 Å². The minimum atomic E-state index is -0.470. The molecular weight excluding hydrogens is 244 g/mol. The third-order valence-corrected chi connectivity index (χ3v) is 3.01. The van der Waals surface area contributed by atoms with E-state index in [9.17, 15) is 5.26 Å². The van der Waals surface area contributed by atoms with E-state index in [-0.39, 0.29) is 6.61 Å². The molecule has 0 fully saturated rings. The number of nitrogens with zero attached hydrogens (tertiary/aromatic N) is 2. The van der Waals surface area contributed by atoms with Gasteiger partial charge in [-0.3, -0.25) is 4.90 Å². The molecule has 19 heavy (non-hydrogen) atoms. The Kier molecular flexibility index (Phi) is 6.13. The Morgan fingerprint density at radius 2 is 2.11 bits per heavy atom. The molecule has 1 rings (SSSR count). The highest BCUT2D eigenvalue weighted by atomic mass is 16.5. The highest BCUT2D eigenvalue weighted by Crippen LogP contribution is 2.32. The second kappa shape index (κ2) is 7.62. The minimum Gasteiger partial charge on any atom is -0.497 e. The van der Waals surface area contributed by atoms with Crippen molar-refractivity contribution in [2.75, 3.05) is 33.9 Å². The van der Waals surface area contributed by atoms with Crippen molar-refractivity contribution >= 4 is 0 Å². The summed E-state index contributed by atoms with van der Waals surface area (Å²) >= 11 is 0. The fourth-order valence-corrected chi connectivity index (χ4v) is 2.00. The van der Waals surface area contributed by atoms with Gasteiger partial charge in [0, 0.05) is 12.1 Å². The molecule has 0 amide bonds. The number of rotatable bonds is 7. The molecule has 0 heterocycles. The van der Waals surface area contributed by atoms with Gasteiger partial charge in [0.05, 0.1) is 26.9 Å². The number of ether oxygens (including phenoxy) is 2. The zero-order valence-corrected chi connectivity index (χ0v) is 11.6. The molecule has 0 aliphatic rings. The first-order chi connectivity index (χ1) is 9.21. The van der Waals surface area contributed by atoms with Crippen LogP contribution < -0.4 is 9.47 Å². The third-order valence-electron chi connectivity index (χ3n) is 3.01. The first-order valence-electron chi connectivity index (χ1n) is 6.18. The normalized spacial score (nSPS) is 12.0. The van der Waals surface area contributed by atoms with Crippen LogP contribution in [0.1, 0.15) is 18.5 Å². The summed E-state index contributed by atoms with van der Waals surface area (Å²) in [5, 5.41) is 18.5. The zero-order valence-electron chi connectivity index (χ0n) is 11.6. The van der Waals surface area contributed by atoms with Crippen LogP contribution in [0, 0.1) is 11.3 Å². The molecule has 104 valence electrons. The molecule has 1 aromatic rings. The molecule has 0 aliphatic heterocycles. The van der Waals surface area contributed by atoms with E-state index in [2.05, 4.69) is 6.07 Å². The molecule has 5 nitrogen and oxygen atoms in total. The lowest BCUT2D eigenvalue weighted by Gasteiger charge is -2.26. The maximum absolute atomic E-state index is 9.42. The Morgan fingerprint density at radius 3 is 2.58 bits per heavy atom. The van der Waals surface area contributed by atoms with E-state index in [1.807, 2.05) is 11.8 Å². The van der Waals surface area contributed by atoms with Crippen molar-refractivity contribution in [1.29, 1.82) is 5.26 Å². The van der Waals surface area contributed by atoms with Gasteiger partial charge in [-0.2, -0.15) is 5.26 Å².